The third kappa shape index (κ3) is 7.43. The van der Waals surface area contributed by atoms with Gasteiger partial charge < -0.3 is 19.7 Å². The molecule has 2 fully saturated rings. The molecule has 222 valence electrons. The lowest BCUT2D eigenvalue weighted by Crippen LogP contribution is -2.60. The molecule has 0 saturated carbocycles. The molecule has 9 heteroatoms. The summed E-state index contributed by atoms with van der Waals surface area (Å²) < 4.78 is 12.4. The molecule has 1 atom stereocenters. The summed E-state index contributed by atoms with van der Waals surface area (Å²) in [5.41, 5.74) is 1.99. The number of hydrogen-bond donors (Lipinski definition) is 1. The lowest BCUT2D eigenvalue weighted by Gasteiger charge is -2.43. The van der Waals surface area contributed by atoms with Crippen LogP contribution in [-0.2, 0) is 9.59 Å². The Balaban J connectivity index is 1.16. The van der Waals surface area contributed by atoms with Crippen molar-refractivity contribution in [2.24, 2.45) is 0 Å². The zero-order valence-electron chi connectivity index (χ0n) is 24.4. The molecular formula is C33H40ClN4O4+. The zero-order chi connectivity index (χ0) is 29.5. The highest BCUT2D eigenvalue weighted by atomic mass is 35.5. The van der Waals surface area contributed by atoms with Gasteiger partial charge in [-0.3, -0.25) is 9.59 Å². The molecule has 5 rings (SSSR count). The van der Waals surface area contributed by atoms with Crippen molar-refractivity contribution < 1.29 is 23.7 Å². The Kier molecular flexibility index (Phi) is 9.67. The van der Waals surface area contributed by atoms with E-state index in [-0.39, 0.29) is 30.9 Å². The Hall–Kier alpha value is -3.59. The van der Waals surface area contributed by atoms with E-state index in [1.165, 1.54) is 12.0 Å². The minimum atomic E-state index is -0.0551. The number of carbonyl (C=O) groups is 2. The Morgan fingerprint density at radius 1 is 0.976 bits per heavy atom. The molecule has 1 N–H and O–H groups in total. The number of carbonyl (C=O) groups excluding carboxylic acids is 2. The molecule has 2 saturated heterocycles. The number of quaternary nitrogens is 1. The van der Waals surface area contributed by atoms with Crippen LogP contribution in [-0.4, -0.2) is 73.8 Å². The fourth-order valence-corrected chi connectivity index (χ4v) is 6.08. The van der Waals surface area contributed by atoms with Crippen molar-refractivity contribution >= 4 is 29.1 Å². The number of halogens is 1. The van der Waals surface area contributed by atoms with Crippen LogP contribution in [0.25, 0.3) is 0 Å². The largest absolute Gasteiger partial charge is 0.491 e. The third-order valence-electron chi connectivity index (χ3n) is 8.20. The number of rotatable bonds is 10. The monoisotopic (exact) mass is 591 g/mol. The molecule has 0 radical (unpaired) electrons. The van der Waals surface area contributed by atoms with Gasteiger partial charge in [-0.15, -0.1) is 5.01 Å². The Bertz CT molecular complexity index is 1360. The first-order chi connectivity index (χ1) is 20.3. The van der Waals surface area contributed by atoms with Gasteiger partial charge in [-0.2, -0.15) is 0 Å². The third-order valence-corrected chi connectivity index (χ3v) is 8.51. The van der Waals surface area contributed by atoms with Crippen molar-refractivity contribution in [1.29, 1.82) is 0 Å². The van der Waals surface area contributed by atoms with Gasteiger partial charge in [0.05, 0.1) is 43.7 Å². The van der Waals surface area contributed by atoms with Gasteiger partial charge >= 0.3 is 0 Å². The first-order valence-electron chi connectivity index (χ1n) is 14.7. The molecule has 0 bridgehead atoms. The summed E-state index contributed by atoms with van der Waals surface area (Å²) in [6.45, 7) is 6.01. The number of amides is 2. The van der Waals surface area contributed by atoms with Gasteiger partial charge in [0, 0.05) is 12.7 Å². The maximum Gasteiger partial charge on any atom is 0.246 e. The van der Waals surface area contributed by atoms with E-state index in [4.69, 9.17) is 21.1 Å². The number of benzene rings is 3. The number of nitrogens with one attached hydrogen (secondary N) is 1. The summed E-state index contributed by atoms with van der Waals surface area (Å²) in [5, 5.41) is 5.99. The minimum Gasteiger partial charge on any atom is -0.491 e. The van der Waals surface area contributed by atoms with E-state index in [1.54, 1.807) is 17.0 Å². The summed E-state index contributed by atoms with van der Waals surface area (Å²) in [5.74, 6) is 2.03. The fourth-order valence-electron chi connectivity index (χ4n) is 5.88. The molecule has 2 aliphatic heterocycles. The van der Waals surface area contributed by atoms with Gasteiger partial charge in [0.15, 0.2) is 0 Å². The van der Waals surface area contributed by atoms with Crippen LogP contribution >= 0.6 is 11.6 Å². The number of aryl methyl sites for hydroxylation is 1. The molecule has 3 aromatic carbocycles. The SMILES string of the molecule is Cc1ccc(Oc2ccc(N(C)C(=O)CN3CC(NC(=O)CCOc4ccccc4Cl)C[N+]34CCCCC4)cc2)cc1. The van der Waals surface area contributed by atoms with Crippen molar-refractivity contribution in [3.8, 4) is 17.2 Å². The van der Waals surface area contributed by atoms with Crippen molar-refractivity contribution in [3.63, 3.8) is 0 Å². The van der Waals surface area contributed by atoms with E-state index in [0.717, 1.165) is 54.3 Å². The highest BCUT2D eigenvalue weighted by molar-refractivity contribution is 6.32. The lowest BCUT2D eigenvalue weighted by molar-refractivity contribution is -1.02. The van der Waals surface area contributed by atoms with Gasteiger partial charge in [0.2, 0.25) is 11.8 Å². The molecule has 0 aliphatic carbocycles. The Labute approximate surface area is 253 Å². The Morgan fingerprint density at radius 2 is 1.64 bits per heavy atom. The highest BCUT2D eigenvalue weighted by Gasteiger charge is 2.47. The second-order valence-corrected chi connectivity index (χ2v) is 11.7. The first-order valence-corrected chi connectivity index (χ1v) is 15.1. The summed E-state index contributed by atoms with van der Waals surface area (Å²) in [4.78, 5) is 28.0. The predicted octanol–water partition coefficient (Wildman–Crippen LogP) is 5.59. The van der Waals surface area contributed by atoms with Gasteiger partial charge in [-0.25, -0.2) is 4.59 Å². The zero-order valence-corrected chi connectivity index (χ0v) is 25.2. The number of hydrogen-bond acceptors (Lipinski definition) is 5. The van der Waals surface area contributed by atoms with E-state index in [2.05, 4.69) is 10.3 Å². The average molecular weight is 592 g/mol. The van der Waals surface area contributed by atoms with Gasteiger partial charge in [-0.1, -0.05) is 41.4 Å². The highest BCUT2D eigenvalue weighted by Crippen LogP contribution is 2.30. The summed E-state index contributed by atoms with van der Waals surface area (Å²) >= 11 is 6.15. The molecule has 0 aromatic heterocycles. The van der Waals surface area contributed by atoms with Crippen molar-refractivity contribution in [1.82, 2.24) is 10.3 Å². The number of para-hydroxylation sites is 1. The molecule has 1 unspecified atom stereocenters. The van der Waals surface area contributed by atoms with Crippen LogP contribution < -0.4 is 19.7 Å². The van der Waals surface area contributed by atoms with Gasteiger partial charge in [0.25, 0.3) is 0 Å². The summed E-state index contributed by atoms with van der Waals surface area (Å²) in [6.07, 6.45) is 3.69. The lowest BCUT2D eigenvalue weighted by atomic mass is 10.1. The summed E-state index contributed by atoms with van der Waals surface area (Å²) in [7, 11) is 1.81. The van der Waals surface area contributed by atoms with Crippen LogP contribution in [0, 0.1) is 6.92 Å². The number of nitrogens with zero attached hydrogens (tertiary/aromatic N) is 3. The van der Waals surface area contributed by atoms with E-state index in [9.17, 15) is 9.59 Å². The number of anilines is 1. The Morgan fingerprint density at radius 3 is 2.33 bits per heavy atom. The van der Waals surface area contributed by atoms with Crippen LogP contribution in [0.1, 0.15) is 31.2 Å². The molecule has 8 nitrogen and oxygen atoms in total. The predicted molar refractivity (Wildman–Crippen MR) is 165 cm³/mol. The number of ether oxygens (including phenoxy) is 2. The van der Waals surface area contributed by atoms with E-state index >= 15 is 0 Å². The fraction of sp³-hybridized carbons (Fsp3) is 0.394. The van der Waals surface area contributed by atoms with Gasteiger partial charge in [0.1, 0.15) is 30.3 Å². The maximum atomic E-state index is 13.5. The smallest absolute Gasteiger partial charge is 0.246 e. The van der Waals surface area contributed by atoms with Crippen LogP contribution in [0.15, 0.2) is 72.8 Å². The molecule has 2 aliphatic rings. The molecule has 3 aromatic rings. The number of likely N-dealkylation sites (N-methyl/N-ethyl adjacent to an activating group) is 1. The maximum absolute atomic E-state index is 13.5. The van der Waals surface area contributed by atoms with E-state index < -0.39 is 0 Å². The van der Waals surface area contributed by atoms with E-state index in [0.29, 0.717) is 23.9 Å². The van der Waals surface area contributed by atoms with Crippen LogP contribution in [0.2, 0.25) is 5.02 Å². The topological polar surface area (TPSA) is 71.1 Å². The van der Waals surface area contributed by atoms with Crippen molar-refractivity contribution in [2.45, 2.75) is 38.6 Å². The minimum absolute atomic E-state index is 0.0189. The average Bonchev–Trinajstić information content (AvgIpc) is 3.30. The van der Waals surface area contributed by atoms with Gasteiger partial charge in [-0.05, 0) is 74.7 Å². The normalized spacial score (nSPS) is 18.0. The molecule has 2 heterocycles. The number of piperidine rings is 1. The first kappa shape index (κ1) is 29.9. The summed E-state index contributed by atoms with van der Waals surface area (Å²) in [6, 6.07) is 22.7. The standard InChI is InChI=1S/C33H39ClN4O4/c1-25-10-14-28(15-11-25)42-29-16-12-27(13-17-29)36(2)33(40)23-37-22-26(24-38(37)19-6-3-7-20-38)35-32(39)18-21-41-31-9-5-4-8-30(31)34/h4-5,8-17,26H,3,6-7,18-24H2,1-2H3/p+1. The van der Waals surface area contributed by atoms with E-state index in [1.807, 2.05) is 74.6 Å². The second-order valence-electron chi connectivity index (χ2n) is 11.3. The van der Waals surface area contributed by atoms with Crippen molar-refractivity contribution in [2.75, 3.05) is 51.3 Å². The second kappa shape index (κ2) is 13.6. The quantitative estimate of drug-likeness (QED) is 0.311. The van der Waals surface area contributed by atoms with Crippen LogP contribution in [0.3, 0.4) is 0 Å². The molecule has 42 heavy (non-hydrogen) atoms. The molecule has 2 amide bonds. The van der Waals surface area contributed by atoms with Crippen LogP contribution in [0.5, 0.6) is 17.2 Å². The molecule has 1 spiro atoms. The molecular weight excluding hydrogens is 552 g/mol. The van der Waals surface area contributed by atoms with Crippen LogP contribution in [0.4, 0.5) is 5.69 Å². The van der Waals surface area contributed by atoms with Crippen molar-refractivity contribution in [3.05, 3.63) is 83.4 Å².